The number of para-hydroxylation sites is 1. The van der Waals surface area contributed by atoms with E-state index in [9.17, 15) is 0 Å². The van der Waals surface area contributed by atoms with Crippen LogP contribution in [0.5, 0.6) is 0 Å². The molecule has 3 nitrogen and oxygen atoms in total. The van der Waals surface area contributed by atoms with E-state index in [1.807, 2.05) is 12.2 Å². The van der Waals surface area contributed by atoms with Crippen LogP contribution < -0.4 is 4.90 Å². The largest absolute Gasteiger partial charge is 0.326 e. The van der Waals surface area contributed by atoms with Gasteiger partial charge in [0.25, 0.3) is 0 Å². The summed E-state index contributed by atoms with van der Waals surface area (Å²) in [5, 5.41) is 1.36. The zero-order valence-corrected chi connectivity index (χ0v) is 31.0. The molecule has 0 amide bonds. The van der Waals surface area contributed by atoms with Crippen molar-refractivity contribution in [3.63, 3.8) is 0 Å². The number of aromatic nitrogens is 2. The zero-order chi connectivity index (χ0) is 35.9. The number of pyridine rings is 1. The SMILES string of the molecule is C=CC/C(CC)=C(/CCC)N(CC=C)c1cc(-c2cc(C3=CC=CC=CC3)cc(-c3ccccc3)c2)cc(-n2c3c(c4ccccc42)CCCC3)n1. The maximum atomic E-state index is 5.62. The molecule has 0 aliphatic heterocycles. The first-order chi connectivity index (χ1) is 25.6. The number of allylic oxidation sites excluding steroid dienone is 9. The van der Waals surface area contributed by atoms with E-state index in [1.54, 1.807) is 0 Å². The summed E-state index contributed by atoms with van der Waals surface area (Å²) in [6.45, 7) is 13.6. The van der Waals surface area contributed by atoms with E-state index >= 15 is 0 Å². The Labute approximate surface area is 310 Å². The molecule has 0 fully saturated rings. The Hall–Kier alpha value is -5.41. The molecule has 5 aromatic rings. The molecule has 0 radical (unpaired) electrons. The zero-order valence-electron chi connectivity index (χ0n) is 31.0. The first-order valence-corrected chi connectivity index (χ1v) is 19.2. The van der Waals surface area contributed by atoms with Crippen LogP contribution in [0.15, 0.2) is 152 Å². The van der Waals surface area contributed by atoms with Gasteiger partial charge in [0, 0.05) is 23.3 Å². The van der Waals surface area contributed by atoms with Gasteiger partial charge in [-0.25, -0.2) is 4.98 Å². The first-order valence-electron chi connectivity index (χ1n) is 19.2. The first kappa shape index (κ1) is 35.0. The highest BCUT2D eigenvalue weighted by atomic mass is 15.2. The minimum absolute atomic E-state index is 0.678. The van der Waals surface area contributed by atoms with E-state index < -0.39 is 0 Å². The molecule has 0 atom stereocenters. The average Bonchev–Trinajstić information content (AvgIpc) is 3.30. The predicted octanol–water partition coefficient (Wildman–Crippen LogP) is 13.2. The van der Waals surface area contributed by atoms with Gasteiger partial charge in [0.1, 0.15) is 11.6 Å². The Balaban J connectivity index is 1.52. The second-order valence-corrected chi connectivity index (χ2v) is 14.0. The molecule has 7 rings (SSSR count). The highest BCUT2D eigenvalue weighted by Crippen LogP contribution is 2.39. The van der Waals surface area contributed by atoms with Gasteiger partial charge in [0.05, 0.1) is 5.52 Å². The van der Waals surface area contributed by atoms with E-state index in [4.69, 9.17) is 4.98 Å². The van der Waals surface area contributed by atoms with Crippen molar-refractivity contribution in [1.29, 1.82) is 0 Å². The Morgan fingerprint density at radius 3 is 2.33 bits per heavy atom. The molecule has 0 N–H and O–H groups in total. The van der Waals surface area contributed by atoms with Crippen molar-refractivity contribution in [1.82, 2.24) is 9.55 Å². The summed E-state index contributed by atoms with van der Waals surface area (Å²) in [4.78, 5) is 8.04. The summed E-state index contributed by atoms with van der Waals surface area (Å²) in [5.74, 6) is 1.93. The molecule has 2 aromatic heterocycles. The van der Waals surface area contributed by atoms with Crippen LogP contribution in [0.2, 0.25) is 0 Å². The highest BCUT2D eigenvalue weighted by molar-refractivity contribution is 5.88. The summed E-state index contributed by atoms with van der Waals surface area (Å²) in [7, 11) is 0. The lowest BCUT2D eigenvalue weighted by atomic mass is 9.92. The van der Waals surface area contributed by atoms with Crippen molar-refractivity contribution in [3.8, 4) is 28.1 Å². The standard InChI is InChI=1S/C49H51N3/c1-5-20-36(8-4)45(21-6-2)51(30-7-3)48-34-42(35-49(50-48)52-46-28-18-16-26-43(46)44-27-17-19-29-47(44)52)41-32-39(37-22-12-9-10-13-23-37)31-40(33-41)38-24-14-11-15-25-38/h5,7,9-16,18,22,24-26,28,31-35H,1,3,6,8,17,19-21,23,27,29-30H2,2,4H3/b45-36-. The van der Waals surface area contributed by atoms with E-state index in [-0.39, 0.29) is 0 Å². The van der Waals surface area contributed by atoms with Crippen LogP contribution in [-0.4, -0.2) is 16.1 Å². The number of nitrogens with zero attached hydrogens (tertiary/aromatic N) is 3. The minimum atomic E-state index is 0.678. The molecule has 3 aromatic carbocycles. The molecular weight excluding hydrogens is 631 g/mol. The lowest BCUT2D eigenvalue weighted by molar-refractivity contribution is 0.664. The lowest BCUT2D eigenvalue weighted by Gasteiger charge is -2.29. The summed E-state index contributed by atoms with van der Waals surface area (Å²) in [6, 6.07) is 31.5. The maximum absolute atomic E-state index is 5.62. The van der Waals surface area contributed by atoms with Crippen molar-refractivity contribution in [3.05, 3.63) is 169 Å². The highest BCUT2D eigenvalue weighted by Gasteiger charge is 2.24. The monoisotopic (exact) mass is 681 g/mol. The Kier molecular flexibility index (Phi) is 11.0. The molecule has 0 spiro atoms. The van der Waals surface area contributed by atoms with Crippen LogP contribution in [0, 0.1) is 0 Å². The molecule has 3 heteroatoms. The van der Waals surface area contributed by atoms with Gasteiger partial charge in [0.2, 0.25) is 0 Å². The van der Waals surface area contributed by atoms with Crippen molar-refractivity contribution in [2.75, 3.05) is 11.4 Å². The normalized spacial score (nSPS) is 14.4. The second kappa shape index (κ2) is 16.3. The Morgan fingerprint density at radius 2 is 1.54 bits per heavy atom. The van der Waals surface area contributed by atoms with Crippen molar-refractivity contribution in [2.45, 2.75) is 71.6 Å². The maximum Gasteiger partial charge on any atom is 0.140 e. The third kappa shape index (κ3) is 7.19. The second-order valence-electron chi connectivity index (χ2n) is 14.0. The molecule has 262 valence electrons. The molecule has 0 saturated carbocycles. The van der Waals surface area contributed by atoms with Crippen LogP contribution in [-0.2, 0) is 12.8 Å². The molecular formula is C49H51N3. The fourth-order valence-corrected chi connectivity index (χ4v) is 8.10. The van der Waals surface area contributed by atoms with E-state index in [1.165, 1.54) is 74.1 Å². The van der Waals surface area contributed by atoms with Gasteiger partial charge in [-0.15, -0.1) is 13.2 Å². The van der Waals surface area contributed by atoms with Gasteiger partial charge in [-0.05, 0) is 132 Å². The molecule has 2 aliphatic rings. The van der Waals surface area contributed by atoms with Crippen molar-refractivity contribution in [2.24, 2.45) is 0 Å². The predicted molar refractivity (Wildman–Crippen MR) is 224 cm³/mol. The van der Waals surface area contributed by atoms with Crippen LogP contribution in [0.25, 0.3) is 44.5 Å². The van der Waals surface area contributed by atoms with Gasteiger partial charge in [-0.3, -0.25) is 4.57 Å². The average molecular weight is 682 g/mol. The van der Waals surface area contributed by atoms with Crippen molar-refractivity contribution < 1.29 is 0 Å². The number of rotatable bonds is 13. The number of anilines is 1. The van der Waals surface area contributed by atoms with Gasteiger partial charge in [-0.2, -0.15) is 0 Å². The Bertz CT molecular complexity index is 2200. The van der Waals surface area contributed by atoms with Crippen LogP contribution in [0.3, 0.4) is 0 Å². The fourth-order valence-electron chi connectivity index (χ4n) is 8.10. The summed E-state index contributed by atoms with van der Waals surface area (Å²) in [6.07, 6.45) is 24.3. The van der Waals surface area contributed by atoms with E-state index in [0.29, 0.717) is 6.54 Å². The summed E-state index contributed by atoms with van der Waals surface area (Å²) < 4.78 is 2.47. The minimum Gasteiger partial charge on any atom is -0.326 e. The number of hydrogen-bond acceptors (Lipinski definition) is 2. The molecule has 0 bridgehead atoms. The summed E-state index contributed by atoms with van der Waals surface area (Å²) >= 11 is 0. The van der Waals surface area contributed by atoms with Crippen LogP contribution >= 0.6 is 0 Å². The molecule has 2 aliphatic carbocycles. The molecule has 52 heavy (non-hydrogen) atoms. The van der Waals surface area contributed by atoms with Crippen molar-refractivity contribution >= 4 is 22.3 Å². The number of fused-ring (bicyclic) bond motifs is 3. The Morgan fingerprint density at radius 1 is 0.788 bits per heavy atom. The van der Waals surface area contributed by atoms with Gasteiger partial charge >= 0.3 is 0 Å². The van der Waals surface area contributed by atoms with Gasteiger partial charge in [0.15, 0.2) is 0 Å². The van der Waals surface area contributed by atoms with Gasteiger partial charge < -0.3 is 4.90 Å². The topological polar surface area (TPSA) is 21.1 Å². The molecule has 0 saturated heterocycles. The third-order valence-electron chi connectivity index (χ3n) is 10.6. The number of aryl methyl sites for hydroxylation is 1. The van der Waals surface area contributed by atoms with Crippen LogP contribution in [0.1, 0.15) is 75.6 Å². The van der Waals surface area contributed by atoms with E-state index in [2.05, 4.69) is 152 Å². The summed E-state index contributed by atoms with van der Waals surface area (Å²) in [5.41, 5.74) is 14.2. The third-order valence-corrected chi connectivity index (χ3v) is 10.6. The van der Waals surface area contributed by atoms with Crippen LogP contribution in [0.4, 0.5) is 5.82 Å². The van der Waals surface area contributed by atoms with Gasteiger partial charge in [-0.1, -0.05) is 111 Å². The molecule has 0 unspecified atom stereocenters. The smallest absolute Gasteiger partial charge is 0.140 e. The fraction of sp³-hybridized carbons (Fsp3) is 0.245. The van der Waals surface area contributed by atoms with E-state index in [0.717, 1.165) is 62.1 Å². The lowest BCUT2D eigenvalue weighted by Crippen LogP contribution is -2.26. The number of hydrogen-bond donors (Lipinski definition) is 0. The quantitative estimate of drug-likeness (QED) is 0.115. The molecule has 2 heterocycles. The number of benzene rings is 3.